The lowest BCUT2D eigenvalue weighted by Gasteiger charge is -2.16. The van der Waals surface area contributed by atoms with Crippen molar-refractivity contribution in [3.8, 4) is 23.1 Å². The standard InChI is InChI=1S/C20H13F6N3O5/c1-32-16-8-13(34-20(24,25)26)4-5-15(16)33-18-14(7-11(9-27-18)19(21,22)23)17(30)28-12-3-2-6-29(31)10-12/h2-10H,1H3,(H-,28,30,31)/p+1. The number of hydrogen-bond acceptors (Lipinski definition) is 6. The van der Waals surface area contributed by atoms with Crippen LogP contribution in [0.2, 0.25) is 0 Å². The third kappa shape index (κ3) is 6.17. The molecule has 1 aromatic carbocycles. The Hall–Kier alpha value is -4.23. The van der Waals surface area contributed by atoms with Gasteiger partial charge in [-0.25, -0.2) is 4.98 Å². The average Bonchev–Trinajstić information content (AvgIpc) is 2.73. The van der Waals surface area contributed by atoms with Gasteiger partial charge in [-0.05, 0) is 24.3 Å². The first-order chi connectivity index (χ1) is 15.9. The number of nitrogens with zero attached hydrogens (tertiary/aromatic N) is 2. The number of ether oxygens (including phenoxy) is 3. The molecular weight excluding hydrogens is 476 g/mol. The summed E-state index contributed by atoms with van der Waals surface area (Å²) >= 11 is 0. The largest absolute Gasteiger partial charge is 0.573 e. The summed E-state index contributed by atoms with van der Waals surface area (Å²) in [5, 5.41) is 11.7. The Morgan fingerprint density at radius 1 is 1.09 bits per heavy atom. The smallest absolute Gasteiger partial charge is 0.493 e. The number of halogens is 6. The summed E-state index contributed by atoms with van der Waals surface area (Å²) in [5.74, 6) is -2.85. The van der Waals surface area contributed by atoms with Crippen LogP contribution in [0, 0.1) is 0 Å². The van der Waals surface area contributed by atoms with Gasteiger partial charge in [-0.15, -0.1) is 13.2 Å². The first kappa shape index (κ1) is 24.4. The lowest BCUT2D eigenvalue weighted by molar-refractivity contribution is -0.904. The number of rotatable bonds is 6. The van der Waals surface area contributed by atoms with E-state index in [0.717, 1.165) is 31.5 Å². The normalized spacial score (nSPS) is 11.6. The first-order valence-electron chi connectivity index (χ1n) is 9.06. The zero-order valence-corrected chi connectivity index (χ0v) is 16.9. The van der Waals surface area contributed by atoms with Gasteiger partial charge in [0.1, 0.15) is 17.0 Å². The highest BCUT2D eigenvalue weighted by molar-refractivity contribution is 6.05. The van der Waals surface area contributed by atoms with Gasteiger partial charge in [0.05, 0.1) is 12.7 Å². The number of amides is 1. The molecule has 0 spiro atoms. The number of carbonyl (C=O) groups is 1. The van der Waals surface area contributed by atoms with Crippen LogP contribution in [0.15, 0.2) is 55.0 Å². The van der Waals surface area contributed by atoms with Crippen LogP contribution in [0.3, 0.4) is 0 Å². The van der Waals surface area contributed by atoms with E-state index < -0.39 is 41.2 Å². The monoisotopic (exact) mass is 490 g/mol. The van der Waals surface area contributed by atoms with E-state index in [1.165, 1.54) is 18.3 Å². The molecule has 2 aromatic heterocycles. The highest BCUT2D eigenvalue weighted by Crippen LogP contribution is 2.38. The van der Waals surface area contributed by atoms with Gasteiger partial charge in [-0.2, -0.15) is 13.2 Å². The second kappa shape index (κ2) is 9.33. The molecule has 0 aliphatic rings. The molecule has 0 saturated heterocycles. The summed E-state index contributed by atoms with van der Waals surface area (Å²) in [5.41, 5.74) is -1.87. The number of aromatic nitrogens is 2. The fourth-order valence-corrected chi connectivity index (χ4v) is 2.62. The molecule has 14 heteroatoms. The molecule has 2 heterocycles. The van der Waals surface area contributed by atoms with Crippen molar-refractivity contribution in [3.63, 3.8) is 0 Å². The van der Waals surface area contributed by atoms with Crippen LogP contribution in [0.4, 0.5) is 32.0 Å². The van der Waals surface area contributed by atoms with Gasteiger partial charge in [0.25, 0.3) is 5.91 Å². The van der Waals surface area contributed by atoms with Crippen molar-refractivity contribution in [2.75, 3.05) is 12.4 Å². The van der Waals surface area contributed by atoms with E-state index in [1.54, 1.807) is 0 Å². The second-order valence-corrected chi connectivity index (χ2v) is 6.46. The Balaban J connectivity index is 1.98. The van der Waals surface area contributed by atoms with E-state index in [2.05, 4.69) is 15.0 Å². The molecule has 3 rings (SSSR count). The van der Waals surface area contributed by atoms with E-state index in [4.69, 9.17) is 9.47 Å². The minimum absolute atomic E-state index is 0.0320. The molecule has 0 atom stereocenters. The fraction of sp³-hybridized carbons (Fsp3) is 0.150. The highest BCUT2D eigenvalue weighted by Gasteiger charge is 2.34. The van der Waals surface area contributed by atoms with Gasteiger partial charge < -0.3 is 19.5 Å². The molecule has 2 N–H and O–H groups in total. The number of anilines is 1. The molecule has 0 saturated carbocycles. The number of carbonyl (C=O) groups excluding carboxylic acids is 1. The van der Waals surface area contributed by atoms with Crippen molar-refractivity contribution >= 4 is 11.6 Å². The Bertz CT molecular complexity index is 1200. The summed E-state index contributed by atoms with van der Waals surface area (Å²) in [6.07, 6.45) is -7.09. The molecule has 0 fully saturated rings. The third-order valence-electron chi connectivity index (χ3n) is 4.04. The minimum atomic E-state index is -4.97. The maximum absolute atomic E-state index is 13.2. The van der Waals surface area contributed by atoms with Gasteiger partial charge in [0.2, 0.25) is 18.3 Å². The van der Waals surface area contributed by atoms with Crippen molar-refractivity contribution in [2.45, 2.75) is 12.5 Å². The fourth-order valence-electron chi connectivity index (χ4n) is 2.62. The zero-order chi connectivity index (χ0) is 25.1. The molecule has 1 amide bonds. The predicted molar refractivity (Wildman–Crippen MR) is 101 cm³/mol. The molecule has 0 aliphatic heterocycles. The average molecular weight is 490 g/mol. The van der Waals surface area contributed by atoms with Crippen molar-refractivity contribution < 1.29 is 55.3 Å². The molecule has 0 aliphatic carbocycles. The van der Waals surface area contributed by atoms with Crippen molar-refractivity contribution in [2.24, 2.45) is 0 Å². The number of hydrogen-bond donors (Lipinski definition) is 2. The van der Waals surface area contributed by atoms with Gasteiger partial charge in [-0.3, -0.25) is 10.0 Å². The molecule has 0 bridgehead atoms. The molecule has 180 valence electrons. The number of nitrogens with one attached hydrogen (secondary N) is 1. The Morgan fingerprint density at radius 3 is 2.44 bits per heavy atom. The number of methoxy groups -OCH3 is 1. The maximum Gasteiger partial charge on any atom is 0.573 e. The van der Waals surface area contributed by atoms with Gasteiger partial charge in [-0.1, -0.05) is 0 Å². The van der Waals surface area contributed by atoms with Crippen LogP contribution in [-0.4, -0.2) is 29.6 Å². The molecule has 0 radical (unpaired) electrons. The number of alkyl halides is 6. The predicted octanol–water partition coefficient (Wildman–Crippen LogP) is 4.58. The molecule has 8 nitrogen and oxygen atoms in total. The van der Waals surface area contributed by atoms with Crippen molar-refractivity contribution in [1.82, 2.24) is 4.98 Å². The quantitative estimate of drug-likeness (QED) is 0.299. The maximum atomic E-state index is 13.2. The summed E-state index contributed by atoms with van der Waals surface area (Å²) in [6.45, 7) is 0. The van der Waals surface area contributed by atoms with Crippen LogP contribution in [0.25, 0.3) is 0 Å². The Morgan fingerprint density at radius 2 is 1.82 bits per heavy atom. The summed E-state index contributed by atoms with van der Waals surface area (Å²) < 4.78 is 91.7. The number of benzene rings is 1. The highest BCUT2D eigenvalue weighted by atomic mass is 19.4. The van der Waals surface area contributed by atoms with E-state index in [-0.39, 0.29) is 17.2 Å². The van der Waals surface area contributed by atoms with Crippen LogP contribution >= 0.6 is 0 Å². The summed E-state index contributed by atoms with van der Waals surface area (Å²) in [7, 11) is 1.10. The first-order valence-corrected chi connectivity index (χ1v) is 9.06. The van der Waals surface area contributed by atoms with Gasteiger partial charge in [0, 0.05) is 23.1 Å². The van der Waals surface area contributed by atoms with Gasteiger partial charge >= 0.3 is 12.5 Å². The Kier molecular flexibility index (Phi) is 6.70. The SMILES string of the molecule is COc1cc(OC(F)(F)F)ccc1Oc1ncc(C(F)(F)F)cc1C(=O)Nc1ccc[n+](O)c1. The van der Waals surface area contributed by atoms with Crippen LogP contribution in [0.1, 0.15) is 15.9 Å². The molecule has 3 aromatic rings. The van der Waals surface area contributed by atoms with E-state index in [1.807, 2.05) is 0 Å². The second-order valence-electron chi connectivity index (χ2n) is 6.46. The van der Waals surface area contributed by atoms with Crippen LogP contribution in [0.5, 0.6) is 23.1 Å². The topological polar surface area (TPSA) is 93.8 Å². The minimum Gasteiger partial charge on any atom is -0.493 e. The zero-order valence-electron chi connectivity index (χ0n) is 16.9. The molecule has 34 heavy (non-hydrogen) atoms. The van der Waals surface area contributed by atoms with E-state index in [0.29, 0.717) is 17.0 Å². The molecular formula is C20H14F6N3O5+. The lowest BCUT2D eigenvalue weighted by Crippen LogP contribution is -2.29. The van der Waals surface area contributed by atoms with Crippen LogP contribution < -0.4 is 24.3 Å². The number of pyridine rings is 2. The van der Waals surface area contributed by atoms with E-state index >= 15 is 0 Å². The molecule has 0 unspecified atom stereocenters. The Labute approximate surface area is 186 Å². The van der Waals surface area contributed by atoms with E-state index in [9.17, 15) is 36.3 Å². The van der Waals surface area contributed by atoms with Crippen LogP contribution in [-0.2, 0) is 6.18 Å². The van der Waals surface area contributed by atoms with Gasteiger partial charge in [0.15, 0.2) is 11.5 Å². The van der Waals surface area contributed by atoms with Crippen molar-refractivity contribution in [3.05, 3.63) is 66.1 Å². The van der Waals surface area contributed by atoms with Crippen molar-refractivity contribution in [1.29, 1.82) is 0 Å². The lowest BCUT2D eigenvalue weighted by atomic mass is 10.1. The third-order valence-corrected chi connectivity index (χ3v) is 4.04. The summed E-state index contributed by atoms with van der Waals surface area (Å²) in [6, 6.07) is 5.89. The summed E-state index contributed by atoms with van der Waals surface area (Å²) in [4.78, 5) is 16.3.